The molecule has 1 aromatic rings. The van der Waals surface area contributed by atoms with Gasteiger partial charge in [0.1, 0.15) is 11.5 Å². The van der Waals surface area contributed by atoms with E-state index in [2.05, 4.69) is 4.90 Å². The summed E-state index contributed by atoms with van der Waals surface area (Å²) in [4.78, 5) is 14.3. The van der Waals surface area contributed by atoms with Crippen LogP contribution in [0.4, 0.5) is 0 Å². The fourth-order valence-corrected chi connectivity index (χ4v) is 2.99. The van der Waals surface area contributed by atoms with E-state index >= 15 is 0 Å². The maximum absolute atomic E-state index is 11.8. The Bertz CT molecular complexity index is 495. The maximum atomic E-state index is 11.8. The van der Waals surface area contributed by atoms with Gasteiger partial charge in [0.25, 0.3) is 0 Å². The molecule has 0 bridgehead atoms. The predicted molar refractivity (Wildman–Crippen MR) is 81.3 cm³/mol. The largest absolute Gasteiger partial charge is 0.494 e. The first-order valence-electron chi connectivity index (χ1n) is 7.98. The van der Waals surface area contributed by atoms with Crippen LogP contribution in [0.3, 0.4) is 0 Å². The average Bonchev–Trinajstić information content (AvgIpc) is 2.53. The zero-order chi connectivity index (χ0) is 14.5. The number of Topliss-reactive ketones (excluding diaryl/α,β-unsaturated/α-hetero) is 1. The first-order valence-corrected chi connectivity index (χ1v) is 7.98. The smallest absolute Gasteiger partial charge is 0.170 e. The lowest BCUT2D eigenvalue weighted by Crippen LogP contribution is -2.31. The summed E-state index contributed by atoms with van der Waals surface area (Å²) in [6, 6.07) is 5.54. The Morgan fingerprint density at radius 2 is 2.05 bits per heavy atom. The van der Waals surface area contributed by atoms with Gasteiger partial charge in [-0.1, -0.05) is 6.42 Å². The summed E-state index contributed by atoms with van der Waals surface area (Å²) in [7, 11) is 0. The molecule has 4 heteroatoms. The van der Waals surface area contributed by atoms with Gasteiger partial charge in [-0.3, -0.25) is 4.79 Å². The van der Waals surface area contributed by atoms with Crippen LogP contribution >= 0.6 is 0 Å². The number of hydrogen-bond donors (Lipinski definition) is 0. The Labute approximate surface area is 126 Å². The molecule has 0 spiro atoms. The lowest BCUT2D eigenvalue weighted by atomic mass is 10.0. The van der Waals surface area contributed by atoms with Gasteiger partial charge in [-0.25, -0.2) is 0 Å². The maximum Gasteiger partial charge on any atom is 0.170 e. The number of ketones is 1. The highest BCUT2D eigenvalue weighted by Gasteiger charge is 2.19. The van der Waals surface area contributed by atoms with Crippen molar-refractivity contribution in [2.75, 3.05) is 32.8 Å². The van der Waals surface area contributed by atoms with Crippen LogP contribution in [0.5, 0.6) is 11.5 Å². The Morgan fingerprint density at radius 3 is 2.90 bits per heavy atom. The molecular formula is C17H23NO3. The number of ether oxygens (including phenoxy) is 2. The van der Waals surface area contributed by atoms with Crippen molar-refractivity contribution in [1.29, 1.82) is 0 Å². The Morgan fingerprint density at radius 1 is 1.19 bits per heavy atom. The SMILES string of the molecule is O=C1CCOc2ccc(OCCCN3CCCCC3)cc21. The summed E-state index contributed by atoms with van der Waals surface area (Å²) in [5.74, 6) is 1.60. The minimum atomic E-state index is 0.148. The fraction of sp³-hybridized carbons (Fsp3) is 0.588. The molecule has 3 rings (SSSR count). The first kappa shape index (κ1) is 14.4. The molecule has 1 saturated heterocycles. The van der Waals surface area contributed by atoms with Crippen molar-refractivity contribution in [3.8, 4) is 11.5 Å². The zero-order valence-corrected chi connectivity index (χ0v) is 12.5. The third-order valence-corrected chi connectivity index (χ3v) is 4.17. The van der Waals surface area contributed by atoms with Crippen molar-refractivity contribution < 1.29 is 14.3 Å². The average molecular weight is 289 g/mol. The van der Waals surface area contributed by atoms with E-state index in [1.165, 1.54) is 32.4 Å². The normalized spacial score (nSPS) is 19.0. The monoisotopic (exact) mass is 289 g/mol. The van der Waals surface area contributed by atoms with Gasteiger partial charge in [-0.2, -0.15) is 0 Å². The van der Waals surface area contributed by atoms with Gasteiger partial charge in [0.05, 0.1) is 18.8 Å². The van der Waals surface area contributed by atoms with Crippen LogP contribution in [0.2, 0.25) is 0 Å². The van der Waals surface area contributed by atoms with Crippen LogP contribution in [-0.2, 0) is 0 Å². The molecule has 0 N–H and O–H groups in total. The van der Waals surface area contributed by atoms with Crippen LogP contribution in [0, 0.1) is 0 Å². The van der Waals surface area contributed by atoms with Gasteiger partial charge in [0.15, 0.2) is 5.78 Å². The Balaban J connectivity index is 1.47. The van der Waals surface area contributed by atoms with E-state index in [1.54, 1.807) is 0 Å². The second-order valence-electron chi connectivity index (χ2n) is 5.78. The second-order valence-corrected chi connectivity index (χ2v) is 5.78. The molecule has 0 aliphatic carbocycles. The standard InChI is InChI=1S/C17H23NO3/c19-16-7-12-21-17-6-5-14(13-15(16)17)20-11-4-10-18-8-2-1-3-9-18/h5-6,13H,1-4,7-12H2. The van der Waals surface area contributed by atoms with Gasteiger partial charge < -0.3 is 14.4 Å². The number of nitrogens with zero attached hydrogens (tertiary/aromatic N) is 1. The van der Waals surface area contributed by atoms with E-state index in [1.807, 2.05) is 18.2 Å². The van der Waals surface area contributed by atoms with E-state index in [9.17, 15) is 4.79 Å². The molecule has 2 heterocycles. The minimum Gasteiger partial charge on any atom is -0.494 e. The number of likely N-dealkylation sites (tertiary alicyclic amines) is 1. The zero-order valence-electron chi connectivity index (χ0n) is 12.5. The van der Waals surface area contributed by atoms with Crippen molar-refractivity contribution in [3.05, 3.63) is 23.8 Å². The molecule has 4 nitrogen and oxygen atoms in total. The molecule has 0 atom stereocenters. The molecule has 21 heavy (non-hydrogen) atoms. The third kappa shape index (κ3) is 3.76. The van der Waals surface area contributed by atoms with E-state index in [4.69, 9.17) is 9.47 Å². The fourth-order valence-electron chi connectivity index (χ4n) is 2.99. The molecule has 2 aliphatic rings. The molecule has 0 unspecified atom stereocenters. The number of piperidine rings is 1. The second kappa shape index (κ2) is 6.94. The number of hydrogen-bond acceptors (Lipinski definition) is 4. The molecule has 114 valence electrons. The van der Waals surface area contributed by atoms with E-state index in [0.717, 1.165) is 18.7 Å². The highest BCUT2D eigenvalue weighted by molar-refractivity contribution is 5.99. The Kier molecular flexibility index (Phi) is 4.76. The molecule has 1 aromatic carbocycles. The quantitative estimate of drug-likeness (QED) is 0.781. The minimum absolute atomic E-state index is 0.148. The summed E-state index contributed by atoms with van der Waals surface area (Å²) < 4.78 is 11.2. The molecule has 0 aromatic heterocycles. The number of fused-ring (bicyclic) bond motifs is 1. The number of benzene rings is 1. The molecule has 2 aliphatic heterocycles. The van der Waals surface area contributed by atoms with Crippen LogP contribution in [-0.4, -0.2) is 43.5 Å². The van der Waals surface area contributed by atoms with Crippen LogP contribution in [0.25, 0.3) is 0 Å². The topological polar surface area (TPSA) is 38.8 Å². The number of carbonyl (C=O) groups is 1. The van der Waals surface area contributed by atoms with Crippen molar-refractivity contribution in [1.82, 2.24) is 4.90 Å². The number of carbonyl (C=O) groups excluding carboxylic acids is 1. The molecule has 0 amide bonds. The summed E-state index contributed by atoms with van der Waals surface area (Å²) >= 11 is 0. The summed E-state index contributed by atoms with van der Waals surface area (Å²) in [5, 5.41) is 0. The van der Waals surface area contributed by atoms with E-state index in [-0.39, 0.29) is 5.78 Å². The molecule has 0 saturated carbocycles. The van der Waals surface area contributed by atoms with Crippen LogP contribution in [0.1, 0.15) is 42.5 Å². The first-order chi connectivity index (χ1) is 10.3. The molecule has 1 fully saturated rings. The van der Waals surface area contributed by atoms with Crippen molar-refractivity contribution in [2.45, 2.75) is 32.1 Å². The molecular weight excluding hydrogens is 266 g/mol. The highest BCUT2D eigenvalue weighted by Crippen LogP contribution is 2.28. The lowest BCUT2D eigenvalue weighted by Gasteiger charge is -2.26. The molecule has 0 radical (unpaired) electrons. The van der Waals surface area contributed by atoms with Gasteiger partial charge >= 0.3 is 0 Å². The van der Waals surface area contributed by atoms with E-state index < -0.39 is 0 Å². The number of rotatable bonds is 5. The predicted octanol–water partition coefficient (Wildman–Crippen LogP) is 2.91. The van der Waals surface area contributed by atoms with Gasteiger partial charge in [0.2, 0.25) is 0 Å². The van der Waals surface area contributed by atoms with Gasteiger partial charge in [-0.15, -0.1) is 0 Å². The van der Waals surface area contributed by atoms with Crippen molar-refractivity contribution in [3.63, 3.8) is 0 Å². The van der Waals surface area contributed by atoms with Gasteiger partial charge in [-0.05, 0) is 50.6 Å². The van der Waals surface area contributed by atoms with Crippen molar-refractivity contribution in [2.24, 2.45) is 0 Å². The van der Waals surface area contributed by atoms with Crippen LogP contribution in [0.15, 0.2) is 18.2 Å². The van der Waals surface area contributed by atoms with E-state index in [0.29, 0.717) is 30.9 Å². The van der Waals surface area contributed by atoms with Gasteiger partial charge in [0, 0.05) is 13.0 Å². The summed E-state index contributed by atoms with van der Waals surface area (Å²) in [5.41, 5.74) is 0.662. The third-order valence-electron chi connectivity index (χ3n) is 4.17. The highest BCUT2D eigenvalue weighted by atomic mass is 16.5. The summed E-state index contributed by atoms with van der Waals surface area (Å²) in [6.45, 7) is 4.74. The lowest BCUT2D eigenvalue weighted by molar-refractivity contribution is 0.0932. The van der Waals surface area contributed by atoms with Crippen molar-refractivity contribution >= 4 is 5.78 Å². The Hall–Kier alpha value is -1.55. The van der Waals surface area contributed by atoms with Crippen LogP contribution < -0.4 is 9.47 Å². The summed E-state index contributed by atoms with van der Waals surface area (Å²) in [6.07, 6.45) is 5.52.